The molecule has 0 fully saturated rings. The lowest BCUT2D eigenvalue weighted by atomic mass is 10.2. The number of aryl methyl sites for hydroxylation is 1. The molecule has 112 valence electrons. The second-order valence-corrected chi connectivity index (χ2v) is 4.83. The van der Waals surface area contributed by atoms with Gasteiger partial charge in [-0.1, -0.05) is 19.1 Å². The van der Waals surface area contributed by atoms with Crippen LogP contribution >= 0.6 is 0 Å². The number of nitrogens with zero attached hydrogens (tertiary/aromatic N) is 1. The summed E-state index contributed by atoms with van der Waals surface area (Å²) in [5, 5.41) is 3.15. The van der Waals surface area contributed by atoms with Crippen LogP contribution in [0.5, 0.6) is 11.6 Å². The number of ether oxygens (including phenoxy) is 2. The van der Waals surface area contributed by atoms with E-state index in [1.54, 1.807) is 7.11 Å². The monoisotopic (exact) mass is 286 g/mol. The first kappa shape index (κ1) is 15.3. The highest BCUT2D eigenvalue weighted by molar-refractivity contribution is 5.29. The smallest absolute Gasteiger partial charge is 0.214 e. The van der Waals surface area contributed by atoms with E-state index in [2.05, 4.69) is 23.3 Å². The Morgan fingerprint density at radius 3 is 2.71 bits per heavy atom. The molecule has 2 rings (SSSR count). The van der Waals surface area contributed by atoms with Crippen molar-refractivity contribution in [1.29, 1.82) is 0 Å². The molecule has 1 N–H and O–H groups in total. The topological polar surface area (TPSA) is 43.4 Å². The number of rotatable bonds is 7. The second-order valence-electron chi connectivity index (χ2n) is 4.83. The SMILES string of the molecule is CCc1cc(CNC)cc(OCc2cccc(OC)c2)n1. The summed E-state index contributed by atoms with van der Waals surface area (Å²) in [6, 6.07) is 12.0. The van der Waals surface area contributed by atoms with Crippen molar-refractivity contribution < 1.29 is 9.47 Å². The predicted octanol–water partition coefficient (Wildman–Crippen LogP) is 2.95. The van der Waals surface area contributed by atoms with Gasteiger partial charge in [0, 0.05) is 18.3 Å². The van der Waals surface area contributed by atoms with Crippen LogP contribution in [-0.2, 0) is 19.6 Å². The molecule has 0 radical (unpaired) electrons. The number of benzene rings is 1. The van der Waals surface area contributed by atoms with Crippen molar-refractivity contribution in [3.63, 3.8) is 0 Å². The normalized spacial score (nSPS) is 10.4. The molecule has 4 nitrogen and oxygen atoms in total. The van der Waals surface area contributed by atoms with E-state index >= 15 is 0 Å². The third kappa shape index (κ3) is 4.46. The van der Waals surface area contributed by atoms with Gasteiger partial charge in [0.15, 0.2) is 0 Å². The van der Waals surface area contributed by atoms with Crippen LogP contribution in [0.1, 0.15) is 23.7 Å². The summed E-state index contributed by atoms with van der Waals surface area (Å²) in [6.07, 6.45) is 0.896. The van der Waals surface area contributed by atoms with Crippen molar-refractivity contribution in [2.24, 2.45) is 0 Å². The van der Waals surface area contributed by atoms with Crippen molar-refractivity contribution >= 4 is 0 Å². The van der Waals surface area contributed by atoms with Crippen LogP contribution < -0.4 is 14.8 Å². The number of hydrogen-bond donors (Lipinski definition) is 1. The fraction of sp³-hybridized carbons (Fsp3) is 0.353. The summed E-state index contributed by atoms with van der Waals surface area (Å²) < 4.78 is 11.0. The summed E-state index contributed by atoms with van der Waals surface area (Å²) >= 11 is 0. The molecule has 0 aliphatic heterocycles. The van der Waals surface area contributed by atoms with Gasteiger partial charge in [-0.05, 0) is 42.8 Å². The average molecular weight is 286 g/mol. The zero-order valence-electron chi connectivity index (χ0n) is 12.8. The molecule has 4 heteroatoms. The van der Waals surface area contributed by atoms with Crippen LogP contribution in [-0.4, -0.2) is 19.1 Å². The first-order chi connectivity index (χ1) is 10.2. The van der Waals surface area contributed by atoms with Gasteiger partial charge in [-0.3, -0.25) is 0 Å². The second kappa shape index (κ2) is 7.64. The van der Waals surface area contributed by atoms with Gasteiger partial charge < -0.3 is 14.8 Å². The van der Waals surface area contributed by atoms with Crippen LogP contribution in [0.3, 0.4) is 0 Å². The highest BCUT2D eigenvalue weighted by atomic mass is 16.5. The maximum absolute atomic E-state index is 5.83. The molecule has 0 aliphatic carbocycles. The van der Waals surface area contributed by atoms with Gasteiger partial charge in [-0.25, -0.2) is 4.98 Å². The van der Waals surface area contributed by atoms with Gasteiger partial charge >= 0.3 is 0 Å². The van der Waals surface area contributed by atoms with E-state index in [0.29, 0.717) is 12.5 Å². The molecule has 21 heavy (non-hydrogen) atoms. The minimum absolute atomic E-state index is 0.483. The Balaban J connectivity index is 2.09. The number of pyridine rings is 1. The van der Waals surface area contributed by atoms with Crippen LogP contribution in [0.4, 0.5) is 0 Å². The van der Waals surface area contributed by atoms with Gasteiger partial charge in [0.05, 0.1) is 7.11 Å². The minimum atomic E-state index is 0.483. The number of nitrogens with one attached hydrogen (secondary N) is 1. The van der Waals surface area contributed by atoms with Crippen molar-refractivity contribution in [3.05, 3.63) is 53.2 Å². The first-order valence-corrected chi connectivity index (χ1v) is 7.15. The average Bonchev–Trinajstić information content (AvgIpc) is 2.53. The van der Waals surface area contributed by atoms with Gasteiger partial charge in [-0.2, -0.15) is 0 Å². The lowest BCUT2D eigenvalue weighted by Gasteiger charge is -2.10. The van der Waals surface area contributed by atoms with Crippen molar-refractivity contribution in [2.45, 2.75) is 26.5 Å². The highest BCUT2D eigenvalue weighted by Gasteiger charge is 2.04. The van der Waals surface area contributed by atoms with Gasteiger partial charge in [0.25, 0.3) is 0 Å². The molecule has 0 aliphatic rings. The van der Waals surface area contributed by atoms with Gasteiger partial charge in [-0.15, -0.1) is 0 Å². The maximum Gasteiger partial charge on any atom is 0.214 e. The summed E-state index contributed by atoms with van der Waals surface area (Å²) in [6.45, 7) is 3.39. The van der Waals surface area contributed by atoms with E-state index in [-0.39, 0.29) is 0 Å². The molecule has 2 aromatic rings. The van der Waals surface area contributed by atoms with Crippen LogP contribution in [0.15, 0.2) is 36.4 Å². The van der Waals surface area contributed by atoms with Crippen molar-refractivity contribution in [1.82, 2.24) is 10.3 Å². The Kier molecular flexibility index (Phi) is 5.58. The number of aromatic nitrogens is 1. The molecule has 0 bridgehead atoms. The summed E-state index contributed by atoms with van der Waals surface area (Å²) in [5.41, 5.74) is 3.29. The Morgan fingerprint density at radius 2 is 2.00 bits per heavy atom. The molecule has 0 atom stereocenters. The Morgan fingerprint density at radius 1 is 1.14 bits per heavy atom. The molecule has 0 amide bonds. The molecule has 0 saturated heterocycles. The Hall–Kier alpha value is -2.07. The minimum Gasteiger partial charge on any atom is -0.497 e. The predicted molar refractivity (Wildman–Crippen MR) is 83.7 cm³/mol. The van der Waals surface area contributed by atoms with E-state index in [0.717, 1.165) is 30.0 Å². The lowest BCUT2D eigenvalue weighted by molar-refractivity contribution is 0.292. The largest absolute Gasteiger partial charge is 0.497 e. The summed E-state index contributed by atoms with van der Waals surface area (Å²) in [4.78, 5) is 4.51. The van der Waals surface area contributed by atoms with Crippen LogP contribution in [0.2, 0.25) is 0 Å². The Labute approximate surface area is 126 Å². The molecule has 1 heterocycles. The number of hydrogen-bond acceptors (Lipinski definition) is 4. The van der Waals surface area contributed by atoms with E-state index in [9.17, 15) is 0 Å². The van der Waals surface area contributed by atoms with E-state index in [1.807, 2.05) is 37.4 Å². The maximum atomic E-state index is 5.83. The van der Waals surface area contributed by atoms with Crippen LogP contribution in [0, 0.1) is 0 Å². The third-order valence-electron chi connectivity index (χ3n) is 3.18. The lowest BCUT2D eigenvalue weighted by Crippen LogP contribution is -2.07. The number of methoxy groups -OCH3 is 1. The highest BCUT2D eigenvalue weighted by Crippen LogP contribution is 2.17. The molecule has 0 spiro atoms. The molecule has 1 aromatic carbocycles. The molecule has 0 saturated carbocycles. The van der Waals surface area contributed by atoms with Gasteiger partial charge in [0.1, 0.15) is 12.4 Å². The fourth-order valence-corrected chi connectivity index (χ4v) is 2.10. The quantitative estimate of drug-likeness (QED) is 0.850. The van der Waals surface area contributed by atoms with E-state index in [1.165, 1.54) is 5.56 Å². The molecule has 0 unspecified atom stereocenters. The molecule has 1 aromatic heterocycles. The Bertz CT molecular complexity index is 585. The van der Waals surface area contributed by atoms with Crippen molar-refractivity contribution in [3.8, 4) is 11.6 Å². The summed E-state index contributed by atoms with van der Waals surface area (Å²) in [7, 11) is 3.60. The standard InChI is InChI=1S/C17H22N2O2/c1-4-15-8-14(11-18-2)10-17(19-15)21-12-13-6-5-7-16(9-13)20-3/h5-10,18H,4,11-12H2,1-3H3. The molecular weight excluding hydrogens is 264 g/mol. The summed E-state index contributed by atoms with van der Waals surface area (Å²) in [5.74, 6) is 1.50. The zero-order chi connectivity index (χ0) is 15.1. The van der Waals surface area contributed by atoms with Gasteiger partial charge in [0.2, 0.25) is 5.88 Å². The third-order valence-corrected chi connectivity index (χ3v) is 3.18. The van der Waals surface area contributed by atoms with E-state index < -0.39 is 0 Å². The first-order valence-electron chi connectivity index (χ1n) is 7.15. The molecular formula is C17H22N2O2. The van der Waals surface area contributed by atoms with Crippen molar-refractivity contribution in [2.75, 3.05) is 14.2 Å². The van der Waals surface area contributed by atoms with E-state index in [4.69, 9.17) is 9.47 Å². The van der Waals surface area contributed by atoms with Crippen LogP contribution in [0.25, 0.3) is 0 Å². The fourth-order valence-electron chi connectivity index (χ4n) is 2.10. The zero-order valence-corrected chi connectivity index (χ0v) is 12.8.